The van der Waals surface area contributed by atoms with Crippen LogP contribution in [0, 0.1) is 5.92 Å². The van der Waals surface area contributed by atoms with E-state index >= 15 is 0 Å². The molecule has 2 aromatic carbocycles. The molecule has 2 N–H and O–H groups in total. The second kappa shape index (κ2) is 10.7. The molecule has 0 spiro atoms. The lowest BCUT2D eigenvalue weighted by molar-refractivity contribution is -0.150. The molecule has 2 amide bonds. The fraction of sp³-hybridized carbons (Fsp3) is 0.444. The lowest BCUT2D eigenvalue weighted by atomic mass is 9.98. The van der Waals surface area contributed by atoms with Crippen molar-refractivity contribution in [2.24, 2.45) is 5.92 Å². The Morgan fingerprint density at radius 1 is 1.03 bits per heavy atom. The number of alkyl carbamates (subject to hydrolysis) is 1. The summed E-state index contributed by atoms with van der Waals surface area (Å²) in [5, 5.41) is 12.3. The third kappa shape index (κ3) is 5.24. The average Bonchev–Trinajstić information content (AvgIpc) is 2.97. The monoisotopic (exact) mass is 464 g/mol. The summed E-state index contributed by atoms with van der Waals surface area (Å²) in [6.45, 7) is 2.87. The lowest BCUT2D eigenvalue weighted by Gasteiger charge is -2.28. The molecule has 0 saturated carbocycles. The number of carbonyl (C=O) groups excluding carboxylic acids is 2. The molecule has 0 radical (unpaired) electrons. The van der Waals surface area contributed by atoms with Gasteiger partial charge in [0, 0.05) is 25.4 Å². The van der Waals surface area contributed by atoms with Gasteiger partial charge < -0.3 is 20.1 Å². The van der Waals surface area contributed by atoms with Crippen LogP contribution in [-0.4, -0.2) is 53.7 Å². The molecule has 1 fully saturated rings. The van der Waals surface area contributed by atoms with Gasteiger partial charge in [0.05, 0.1) is 0 Å². The Kier molecular flexibility index (Phi) is 7.50. The van der Waals surface area contributed by atoms with Gasteiger partial charge in [-0.2, -0.15) is 0 Å². The summed E-state index contributed by atoms with van der Waals surface area (Å²) in [5.41, 5.74) is 4.65. The van der Waals surface area contributed by atoms with Crippen LogP contribution in [0.15, 0.2) is 48.5 Å². The molecule has 2 atom stereocenters. The molecule has 7 nitrogen and oxygen atoms in total. The first-order valence-electron chi connectivity index (χ1n) is 12.1. The lowest BCUT2D eigenvalue weighted by Crippen LogP contribution is -2.45. The van der Waals surface area contributed by atoms with Crippen molar-refractivity contribution >= 4 is 18.0 Å². The summed E-state index contributed by atoms with van der Waals surface area (Å²) >= 11 is 0. The Bertz CT molecular complexity index is 1010. The van der Waals surface area contributed by atoms with Crippen LogP contribution in [0.2, 0.25) is 0 Å². The summed E-state index contributed by atoms with van der Waals surface area (Å²) in [6, 6.07) is 15.6. The number of amides is 2. The minimum atomic E-state index is -0.945. The van der Waals surface area contributed by atoms with E-state index in [2.05, 4.69) is 29.6 Å². The van der Waals surface area contributed by atoms with E-state index in [1.54, 1.807) is 0 Å². The van der Waals surface area contributed by atoms with E-state index in [-0.39, 0.29) is 37.3 Å². The zero-order valence-electron chi connectivity index (χ0n) is 19.5. The topological polar surface area (TPSA) is 95.9 Å². The highest BCUT2D eigenvalue weighted by Gasteiger charge is 2.31. The first-order valence-corrected chi connectivity index (χ1v) is 12.1. The molecule has 1 aliphatic heterocycles. The number of likely N-dealkylation sites (tertiary alicyclic amines) is 1. The fourth-order valence-corrected chi connectivity index (χ4v) is 5.06. The van der Waals surface area contributed by atoms with Gasteiger partial charge in [0.25, 0.3) is 0 Å². The van der Waals surface area contributed by atoms with Crippen LogP contribution in [0.5, 0.6) is 0 Å². The Labute approximate surface area is 200 Å². The van der Waals surface area contributed by atoms with E-state index < -0.39 is 18.1 Å². The number of nitrogens with zero attached hydrogens (tertiary/aromatic N) is 1. The number of benzene rings is 2. The van der Waals surface area contributed by atoms with E-state index in [0.29, 0.717) is 13.0 Å². The van der Waals surface area contributed by atoms with E-state index in [0.717, 1.165) is 30.4 Å². The van der Waals surface area contributed by atoms with Gasteiger partial charge in [-0.3, -0.25) is 4.79 Å². The Morgan fingerprint density at radius 3 is 2.32 bits per heavy atom. The van der Waals surface area contributed by atoms with Crippen LogP contribution in [-0.2, 0) is 14.3 Å². The van der Waals surface area contributed by atoms with Gasteiger partial charge in [-0.15, -0.1) is 0 Å². The summed E-state index contributed by atoms with van der Waals surface area (Å²) in [4.78, 5) is 38.3. The first kappa shape index (κ1) is 23.8. The zero-order chi connectivity index (χ0) is 24.1. The first-order chi connectivity index (χ1) is 16.5. The smallest absolute Gasteiger partial charge is 0.407 e. The van der Waals surface area contributed by atoms with Crippen molar-refractivity contribution in [3.05, 3.63) is 59.7 Å². The molecule has 2 aromatic rings. The standard InChI is InChI=1S/C27H32N2O5/c1-18(15-25(30)29-14-8-2-3-13-24(29)26(31)32)16-28-27(33)34-17-23-21-11-6-4-9-19(21)20-10-5-7-12-22(20)23/h4-7,9-12,18,23-24H,2-3,8,13-17H2,1H3,(H,28,33)(H,31,32). The molecule has 0 aromatic heterocycles. The average molecular weight is 465 g/mol. The van der Waals surface area contributed by atoms with Crippen molar-refractivity contribution in [3.8, 4) is 11.1 Å². The molecule has 1 heterocycles. The van der Waals surface area contributed by atoms with Gasteiger partial charge in [-0.25, -0.2) is 9.59 Å². The van der Waals surface area contributed by atoms with Gasteiger partial charge >= 0.3 is 12.1 Å². The molecule has 34 heavy (non-hydrogen) atoms. The second-order valence-electron chi connectivity index (χ2n) is 9.31. The van der Waals surface area contributed by atoms with Crippen LogP contribution in [0.1, 0.15) is 56.1 Å². The van der Waals surface area contributed by atoms with Crippen LogP contribution in [0.25, 0.3) is 11.1 Å². The molecule has 180 valence electrons. The van der Waals surface area contributed by atoms with Crippen molar-refractivity contribution in [2.45, 2.75) is 51.0 Å². The number of carbonyl (C=O) groups is 3. The van der Waals surface area contributed by atoms with Crippen molar-refractivity contribution in [2.75, 3.05) is 19.7 Å². The SMILES string of the molecule is CC(CNC(=O)OCC1c2ccccc2-c2ccccc21)CC(=O)N1CCCCCC1C(=O)O. The highest BCUT2D eigenvalue weighted by Crippen LogP contribution is 2.44. The van der Waals surface area contributed by atoms with Crippen LogP contribution >= 0.6 is 0 Å². The summed E-state index contributed by atoms with van der Waals surface area (Å²) < 4.78 is 5.55. The minimum Gasteiger partial charge on any atom is -0.480 e. The van der Waals surface area contributed by atoms with Crippen LogP contribution < -0.4 is 5.32 Å². The molecule has 7 heteroatoms. The van der Waals surface area contributed by atoms with E-state index in [1.807, 2.05) is 31.2 Å². The predicted molar refractivity (Wildman–Crippen MR) is 128 cm³/mol. The molecular weight excluding hydrogens is 432 g/mol. The number of ether oxygens (including phenoxy) is 1. The summed E-state index contributed by atoms with van der Waals surface area (Å²) in [5.74, 6) is -1.25. The Balaban J connectivity index is 1.27. The summed E-state index contributed by atoms with van der Waals surface area (Å²) in [7, 11) is 0. The fourth-order valence-electron chi connectivity index (χ4n) is 5.06. The van der Waals surface area contributed by atoms with Gasteiger partial charge in [-0.1, -0.05) is 68.3 Å². The Morgan fingerprint density at radius 2 is 1.68 bits per heavy atom. The van der Waals surface area contributed by atoms with Crippen molar-refractivity contribution < 1.29 is 24.2 Å². The van der Waals surface area contributed by atoms with Gasteiger partial charge in [-0.05, 0) is 41.0 Å². The number of fused-ring (bicyclic) bond motifs is 3. The van der Waals surface area contributed by atoms with E-state index in [9.17, 15) is 19.5 Å². The van der Waals surface area contributed by atoms with Gasteiger partial charge in [0.1, 0.15) is 12.6 Å². The molecule has 1 saturated heterocycles. The molecule has 0 bridgehead atoms. The van der Waals surface area contributed by atoms with E-state index in [4.69, 9.17) is 4.74 Å². The van der Waals surface area contributed by atoms with Crippen LogP contribution in [0.4, 0.5) is 4.79 Å². The highest BCUT2D eigenvalue weighted by molar-refractivity contribution is 5.84. The number of carboxylic acids is 1. The van der Waals surface area contributed by atoms with E-state index in [1.165, 1.54) is 16.0 Å². The number of carboxylic acid groups (broad SMARTS) is 1. The number of aliphatic carboxylic acids is 1. The van der Waals surface area contributed by atoms with Crippen molar-refractivity contribution in [1.82, 2.24) is 10.2 Å². The van der Waals surface area contributed by atoms with Gasteiger partial charge in [0.2, 0.25) is 5.91 Å². The molecule has 2 aliphatic rings. The maximum Gasteiger partial charge on any atom is 0.407 e. The van der Waals surface area contributed by atoms with Crippen molar-refractivity contribution in [1.29, 1.82) is 0 Å². The number of hydrogen-bond acceptors (Lipinski definition) is 4. The predicted octanol–water partition coefficient (Wildman–Crippen LogP) is 4.41. The third-order valence-corrected chi connectivity index (χ3v) is 6.82. The Hall–Kier alpha value is -3.35. The maximum atomic E-state index is 12.8. The molecule has 2 unspecified atom stereocenters. The summed E-state index contributed by atoms with van der Waals surface area (Å²) in [6.07, 6.45) is 2.74. The number of rotatable bonds is 7. The highest BCUT2D eigenvalue weighted by atomic mass is 16.5. The zero-order valence-corrected chi connectivity index (χ0v) is 19.5. The molecule has 4 rings (SSSR count). The molecular formula is C27H32N2O5. The van der Waals surface area contributed by atoms with Crippen molar-refractivity contribution in [3.63, 3.8) is 0 Å². The largest absolute Gasteiger partial charge is 0.480 e. The maximum absolute atomic E-state index is 12.8. The normalized spacial score (nSPS) is 18.4. The third-order valence-electron chi connectivity index (χ3n) is 6.82. The molecule has 1 aliphatic carbocycles. The van der Waals surface area contributed by atoms with Gasteiger partial charge in [0.15, 0.2) is 0 Å². The second-order valence-corrected chi connectivity index (χ2v) is 9.31. The minimum absolute atomic E-state index is 0.00635. The van der Waals surface area contributed by atoms with Crippen LogP contribution in [0.3, 0.4) is 0 Å². The quantitative estimate of drug-likeness (QED) is 0.633. The number of nitrogens with one attached hydrogen (secondary N) is 1. The number of hydrogen-bond donors (Lipinski definition) is 2.